The summed E-state index contributed by atoms with van der Waals surface area (Å²) in [7, 11) is 0. The fraction of sp³-hybridized carbons (Fsp3) is 0.231. The minimum atomic E-state index is 0.0787. The zero-order valence-corrected chi connectivity index (χ0v) is 11.3. The molecule has 1 aromatic heterocycles. The first-order valence-corrected chi connectivity index (χ1v) is 6.59. The number of carbonyl (C=O) groups excluding carboxylic acids is 1. The summed E-state index contributed by atoms with van der Waals surface area (Å²) >= 11 is 3.46. The Kier molecular flexibility index (Phi) is 2.91. The van der Waals surface area contributed by atoms with Crippen LogP contribution in [0.3, 0.4) is 0 Å². The third-order valence-electron chi connectivity index (χ3n) is 3.13. The SMILES string of the molecule is O=C(c1ccccc1)N1CCn2ncc(Br)c2C1. The van der Waals surface area contributed by atoms with Crippen molar-refractivity contribution in [1.29, 1.82) is 0 Å². The second-order valence-electron chi connectivity index (χ2n) is 4.26. The molecule has 1 aromatic carbocycles. The van der Waals surface area contributed by atoms with Crippen LogP contribution in [0.25, 0.3) is 0 Å². The molecule has 1 amide bonds. The zero-order chi connectivity index (χ0) is 12.5. The number of nitrogens with zero attached hydrogens (tertiary/aromatic N) is 3. The first-order valence-electron chi connectivity index (χ1n) is 5.80. The molecule has 1 aliphatic heterocycles. The summed E-state index contributed by atoms with van der Waals surface area (Å²) in [6.45, 7) is 2.06. The Bertz CT molecular complexity index is 579. The Labute approximate surface area is 113 Å². The van der Waals surface area contributed by atoms with Crippen molar-refractivity contribution in [2.24, 2.45) is 0 Å². The van der Waals surface area contributed by atoms with Crippen LogP contribution >= 0.6 is 15.9 Å². The molecule has 1 aliphatic rings. The predicted octanol–water partition coefficient (Wildman–Crippen LogP) is 2.30. The van der Waals surface area contributed by atoms with Crippen molar-refractivity contribution in [2.45, 2.75) is 13.1 Å². The maximum absolute atomic E-state index is 12.3. The van der Waals surface area contributed by atoms with Crippen molar-refractivity contribution in [3.63, 3.8) is 0 Å². The van der Waals surface area contributed by atoms with E-state index in [4.69, 9.17) is 0 Å². The summed E-state index contributed by atoms with van der Waals surface area (Å²) in [5.41, 5.74) is 1.80. The number of hydrogen-bond donors (Lipinski definition) is 0. The molecule has 0 bridgehead atoms. The lowest BCUT2D eigenvalue weighted by molar-refractivity contribution is 0.0705. The monoisotopic (exact) mass is 305 g/mol. The fourth-order valence-electron chi connectivity index (χ4n) is 2.15. The average molecular weight is 306 g/mol. The molecule has 2 aromatic rings. The van der Waals surface area contributed by atoms with E-state index in [0.717, 1.165) is 22.3 Å². The van der Waals surface area contributed by atoms with E-state index in [1.807, 2.05) is 39.9 Å². The van der Waals surface area contributed by atoms with E-state index in [-0.39, 0.29) is 5.91 Å². The van der Waals surface area contributed by atoms with Gasteiger partial charge in [-0.25, -0.2) is 0 Å². The van der Waals surface area contributed by atoms with Gasteiger partial charge in [-0.15, -0.1) is 0 Å². The highest BCUT2D eigenvalue weighted by Crippen LogP contribution is 2.22. The molecular weight excluding hydrogens is 294 g/mol. The second-order valence-corrected chi connectivity index (χ2v) is 5.11. The molecule has 0 aliphatic carbocycles. The van der Waals surface area contributed by atoms with Gasteiger partial charge in [0.2, 0.25) is 0 Å². The van der Waals surface area contributed by atoms with E-state index in [0.29, 0.717) is 13.1 Å². The Morgan fingerprint density at radius 2 is 2.00 bits per heavy atom. The van der Waals surface area contributed by atoms with Crippen LogP contribution in [0.1, 0.15) is 16.1 Å². The van der Waals surface area contributed by atoms with E-state index < -0.39 is 0 Å². The number of hydrogen-bond acceptors (Lipinski definition) is 2. The molecule has 92 valence electrons. The number of aromatic nitrogens is 2. The number of amides is 1. The Morgan fingerprint density at radius 3 is 2.78 bits per heavy atom. The summed E-state index contributed by atoms with van der Waals surface area (Å²) in [6.07, 6.45) is 1.78. The van der Waals surface area contributed by atoms with E-state index >= 15 is 0 Å². The van der Waals surface area contributed by atoms with Gasteiger partial charge in [0.25, 0.3) is 5.91 Å². The highest BCUT2D eigenvalue weighted by atomic mass is 79.9. The predicted molar refractivity (Wildman–Crippen MR) is 71.1 cm³/mol. The number of fused-ring (bicyclic) bond motifs is 1. The van der Waals surface area contributed by atoms with Crippen molar-refractivity contribution >= 4 is 21.8 Å². The van der Waals surface area contributed by atoms with Crippen molar-refractivity contribution < 1.29 is 4.79 Å². The topological polar surface area (TPSA) is 38.1 Å². The lowest BCUT2D eigenvalue weighted by Gasteiger charge is -2.28. The number of carbonyl (C=O) groups is 1. The molecule has 0 N–H and O–H groups in total. The number of rotatable bonds is 1. The minimum absolute atomic E-state index is 0.0787. The van der Waals surface area contributed by atoms with Gasteiger partial charge >= 0.3 is 0 Å². The second kappa shape index (κ2) is 4.57. The number of halogens is 1. The molecular formula is C13H12BrN3O. The summed E-state index contributed by atoms with van der Waals surface area (Å²) in [5, 5.41) is 4.25. The molecule has 18 heavy (non-hydrogen) atoms. The highest BCUT2D eigenvalue weighted by Gasteiger charge is 2.23. The van der Waals surface area contributed by atoms with Gasteiger partial charge in [0.05, 0.1) is 29.5 Å². The third kappa shape index (κ3) is 1.95. The van der Waals surface area contributed by atoms with Crippen LogP contribution in [0.4, 0.5) is 0 Å². The molecule has 0 spiro atoms. The van der Waals surface area contributed by atoms with E-state index in [2.05, 4.69) is 21.0 Å². The summed E-state index contributed by atoms with van der Waals surface area (Å²) in [6, 6.07) is 9.39. The highest BCUT2D eigenvalue weighted by molar-refractivity contribution is 9.10. The molecule has 0 radical (unpaired) electrons. The van der Waals surface area contributed by atoms with Crippen molar-refractivity contribution in [3.8, 4) is 0 Å². The van der Waals surface area contributed by atoms with Gasteiger partial charge in [0.1, 0.15) is 0 Å². The molecule has 5 heteroatoms. The lowest BCUT2D eigenvalue weighted by Crippen LogP contribution is -2.38. The van der Waals surface area contributed by atoms with Gasteiger partial charge in [-0.3, -0.25) is 9.48 Å². The molecule has 4 nitrogen and oxygen atoms in total. The van der Waals surface area contributed by atoms with Crippen LogP contribution in [0.5, 0.6) is 0 Å². The first kappa shape index (κ1) is 11.5. The molecule has 0 unspecified atom stereocenters. The fourth-order valence-corrected chi connectivity index (χ4v) is 2.57. The largest absolute Gasteiger partial charge is 0.331 e. The number of benzene rings is 1. The van der Waals surface area contributed by atoms with Gasteiger partial charge in [-0.1, -0.05) is 18.2 Å². The van der Waals surface area contributed by atoms with Crippen LogP contribution in [-0.2, 0) is 13.1 Å². The molecule has 2 heterocycles. The summed E-state index contributed by atoms with van der Waals surface area (Å²) in [5.74, 6) is 0.0787. The third-order valence-corrected chi connectivity index (χ3v) is 3.79. The Morgan fingerprint density at radius 1 is 1.22 bits per heavy atom. The molecule has 3 rings (SSSR count). The maximum Gasteiger partial charge on any atom is 0.254 e. The van der Waals surface area contributed by atoms with Crippen LogP contribution in [0.2, 0.25) is 0 Å². The lowest BCUT2D eigenvalue weighted by atomic mass is 10.2. The van der Waals surface area contributed by atoms with E-state index in [1.54, 1.807) is 6.20 Å². The summed E-state index contributed by atoms with van der Waals surface area (Å²) < 4.78 is 2.91. The van der Waals surface area contributed by atoms with Crippen LogP contribution in [-0.4, -0.2) is 27.1 Å². The Hall–Kier alpha value is -1.62. The zero-order valence-electron chi connectivity index (χ0n) is 9.71. The van der Waals surface area contributed by atoms with Gasteiger partial charge in [0.15, 0.2) is 0 Å². The quantitative estimate of drug-likeness (QED) is 0.811. The van der Waals surface area contributed by atoms with Gasteiger partial charge in [-0.05, 0) is 28.1 Å². The minimum Gasteiger partial charge on any atom is -0.331 e. The molecule has 0 atom stereocenters. The maximum atomic E-state index is 12.3. The van der Waals surface area contributed by atoms with Gasteiger partial charge < -0.3 is 4.90 Å². The van der Waals surface area contributed by atoms with Crippen LogP contribution < -0.4 is 0 Å². The molecule has 0 fully saturated rings. The van der Waals surface area contributed by atoms with Crippen molar-refractivity contribution in [3.05, 3.63) is 52.3 Å². The standard InChI is InChI=1S/C13H12BrN3O/c14-11-8-15-17-7-6-16(9-12(11)17)13(18)10-4-2-1-3-5-10/h1-5,8H,6-7,9H2. The van der Waals surface area contributed by atoms with E-state index in [9.17, 15) is 4.79 Å². The first-order chi connectivity index (χ1) is 8.75. The van der Waals surface area contributed by atoms with Crippen molar-refractivity contribution in [1.82, 2.24) is 14.7 Å². The van der Waals surface area contributed by atoms with Gasteiger partial charge in [0, 0.05) is 12.1 Å². The summed E-state index contributed by atoms with van der Waals surface area (Å²) in [4.78, 5) is 14.2. The molecule has 0 saturated heterocycles. The smallest absolute Gasteiger partial charge is 0.254 e. The molecule has 0 saturated carbocycles. The van der Waals surface area contributed by atoms with Gasteiger partial charge in [-0.2, -0.15) is 5.10 Å². The average Bonchev–Trinajstić information content (AvgIpc) is 2.80. The normalized spacial score (nSPS) is 14.4. The van der Waals surface area contributed by atoms with Crippen LogP contribution in [0.15, 0.2) is 41.0 Å². The van der Waals surface area contributed by atoms with E-state index in [1.165, 1.54) is 0 Å². The van der Waals surface area contributed by atoms with Crippen molar-refractivity contribution in [2.75, 3.05) is 6.54 Å². The Balaban J connectivity index is 1.84. The van der Waals surface area contributed by atoms with Crippen LogP contribution in [0, 0.1) is 0 Å².